The van der Waals surface area contributed by atoms with Crippen LogP contribution in [-0.2, 0) is 19.1 Å². The maximum Gasteiger partial charge on any atom is 0.309 e. The molecule has 3 saturated carbocycles. The Morgan fingerprint density at radius 2 is 1.22 bits per heavy atom. The first-order chi connectivity index (χ1) is 8.52. The Kier molecular flexibility index (Phi) is 4.07. The van der Waals surface area contributed by atoms with Crippen LogP contribution < -0.4 is 0 Å². The van der Waals surface area contributed by atoms with E-state index < -0.39 is 23.8 Å². The zero-order chi connectivity index (χ0) is 13.4. The van der Waals surface area contributed by atoms with Gasteiger partial charge in [-0.2, -0.15) is 0 Å². The third-order valence-electron chi connectivity index (χ3n) is 4.21. The minimum absolute atomic E-state index is 0.115. The number of ether oxygens (including phenoxy) is 2. The van der Waals surface area contributed by atoms with E-state index in [0.29, 0.717) is 0 Å². The maximum atomic E-state index is 11.9. The Morgan fingerprint density at radius 3 is 1.50 bits per heavy atom. The van der Waals surface area contributed by atoms with Crippen molar-refractivity contribution in [1.29, 1.82) is 0 Å². The number of hydrogen-bond acceptors (Lipinski definition) is 4. The minimum atomic E-state index is -0.529. The third kappa shape index (κ3) is 1.99. The van der Waals surface area contributed by atoms with Gasteiger partial charge in [-0.05, 0) is 24.7 Å². The van der Waals surface area contributed by atoms with E-state index in [9.17, 15) is 9.59 Å². The second kappa shape index (κ2) is 5.25. The summed E-state index contributed by atoms with van der Waals surface area (Å²) in [6, 6.07) is 0. The fourth-order valence-electron chi connectivity index (χ4n) is 3.38. The van der Waals surface area contributed by atoms with Crippen molar-refractivity contribution in [2.75, 3.05) is 14.2 Å². The normalized spacial score (nSPS) is 42.4. The van der Waals surface area contributed by atoms with Crippen molar-refractivity contribution in [2.24, 2.45) is 23.7 Å². The van der Waals surface area contributed by atoms with Gasteiger partial charge in [0.2, 0.25) is 0 Å². The smallest absolute Gasteiger partial charge is 0.309 e. The van der Waals surface area contributed by atoms with Gasteiger partial charge in [-0.25, -0.2) is 0 Å². The van der Waals surface area contributed by atoms with Crippen LogP contribution in [0.25, 0.3) is 0 Å². The molecule has 3 rings (SSSR count). The minimum Gasteiger partial charge on any atom is -0.469 e. The maximum absolute atomic E-state index is 11.9. The van der Waals surface area contributed by atoms with Crippen molar-refractivity contribution >= 4 is 35.1 Å². The summed E-state index contributed by atoms with van der Waals surface area (Å²) in [6.45, 7) is 0. The molecule has 0 amide bonds. The van der Waals surface area contributed by atoms with Crippen LogP contribution in [0, 0.1) is 23.7 Å². The zero-order valence-corrected chi connectivity index (χ0v) is 11.8. The van der Waals surface area contributed by atoms with Gasteiger partial charge in [0.25, 0.3) is 0 Å². The summed E-state index contributed by atoms with van der Waals surface area (Å²) in [4.78, 5) is 23.8. The fraction of sp³-hybridized carbons (Fsp3) is 0.833. The van der Waals surface area contributed by atoms with Crippen molar-refractivity contribution in [1.82, 2.24) is 0 Å². The summed E-state index contributed by atoms with van der Waals surface area (Å²) in [5.41, 5.74) is 0. The molecule has 0 aromatic heterocycles. The molecule has 0 aromatic rings. The summed E-state index contributed by atoms with van der Waals surface area (Å²) in [5, 5.41) is -0.592. The highest BCUT2D eigenvalue weighted by atomic mass is 35.5. The molecule has 6 heteroatoms. The molecular weight excluding hydrogens is 279 g/mol. The Morgan fingerprint density at radius 1 is 0.889 bits per heavy atom. The van der Waals surface area contributed by atoms with E-state index in [1.165, 1.54) is 14.2 Å². The first-order valence-corrected chi connectivity index (χ1v) is 6.84. The molecule has 0 N–H and O–H groups in total. The molecule has 102 valence electrons. The predicted octanol–water partition coefficient (Wildman–Crippen LogP) is 1.82. The molecular formula is C12H16Cl2O4. The van der Waals surface area contributed by atoms with Crippen LogP contribution >= 0.6 is 23.2 Å². The van der Waals surface area contributed by atoms with Crippen LogP contribution in [0.5, 0.6) is 0 Å². The molecule has 0 heterocycles. The molecule has 0 aliphatic heterocycles. The molecule has 4 nitrogen and oxygen atoms in total. The van der Waals surface area contributed by atoms with Crippen molar-refractivity contribution < 1.29 is 19.1 Å². The highest BCUT2D eigenvalue weighted by Gasteiger charge is 2.58. The van der Waals surface area contributed by atoms with Gasteiger partial charge in [-0.1, -0.05) is 0 Å². The lowest BCUT2D eigenvalue weighted by Gasteiger charge is -2.50. The zero-order valence-electron chi connectivity index (χ0n) is 10.3. The lowest BCUT2D eigenvalue weighted by Crippen LogP contribution is -2.57. The van der Waals surface area contributed by atoms with E-state index >= 15 is 0 Å². The number of alkyl halides is 2. The number of fused-ring (bicyclic) bond motifs is 3. The van der Waals surface area contributed by atoms with Crippen molar-refractivity contribution in [3.05, 3.63) is 0 Å². The van der Waals surface area contributed by atoms with Crippen molar-refractivity contribution in [2.45, 2.75) is 23.6 Å². The third-order valence-corrected chi connectivity index (χ3v) is 5.53. The number of carbonyl (C=O) groups is 2. The van der Waals surface area contributed by atoms with Crippen LogP contribution in [0.15, 0.2) is 0 Å². The molecule has 2 bridgehead atoms. The summed E-state index contributed by atoms with van der Waals surface area (Å²) in [6.07, 6.45) is 1.60. The lowest BCUT2D eigenvalue weighted by molar-refractivity contribution is -0.169. The molecule has 0 saturated heterocycles. The fourth-order valence-corrected chi connectivity index (χ4v) is 4.32. The summed E-state index contributed by atoms with van der Waals surface area (Å²) < 4.78 is 9.60. The predicted molar refractivity (Wildman–Crippen MR) is 66.5 cm³/mol. The monoisotopic (exact) mass is 294 g/mol. The molecule has 3 aliphatic rings. The Labute approximate surface area is 116 Å². The van der Waals surface area contributed by atoms with Gasteiger partial charge in [0, 0.05) is 0 Å². The standard InChI is InChI=1S/C12H16Cl2O4/c1-17-11(15)7-5-3-4-6(10(14)9(5)13)8(7)12(16)18-2/h5-10H,3-4H2,1-2H3/t5-,6+,7-,8+,9-,10-/m0/s1. The first-order valence-electron chi connectivity index (χ1n) is 5.96. The van der Waals surface area contributed by atoms with Crippen LogP contribution in [0.2, 0.25) is 0 Å². The van der Waals surface area contributed by atoms with Crippen LogP contribution in [0.1, 0.15) is 12.8 Å². The number of hydrogen-bond donors (Lipinski definition) is 0. The highest BCUT2D eigenvalue weighted by molar-refractivity contribution is 6.30. The van der Waals surface area contributed by atoms with E-state index in [1.54, 1.807) is 0 Å². The summed E-state index contributed by atoms with van der Waals surface area (Å²) >= 11 is 12.6. The second-order valence-corrected chi connectivity index (χ2v) is 5.90. The second-order valence-electron chi connectivity index (χ2n) is 4.89. The molecule has 3 fully saturated rings. The van der Waals surface area contributed by atoms with E-state index in [4.69, 9.17) is 32.7 Å². The van der Waals surface area contributed by atoms with Gasteiger partial charge in [0.05, 0.1) is 36.8 Å². The number of esters is 2. The van der Waals surface area contributed by atoms with Gasteiger partial charge in [0.1, 0.15) is 0 Å². The van der Waals surface area contributed by atoms with Gasteiger partial charge < -0.3 is 9.47 Å². The van der Waals surface area contributed by atoms with Gasteiger partial charge in [-0.15, -0.1) is 23.2 Å². The summed E-state index contributed by atoms with van der Waals surface area (Å²) in [7, 11) is 2.64. The van der Waals surface area contributed by atoms with Crippen molar-refractivity contribution in [3.8, 4) is 0 Å². The molecule has 0 aromatic carbocycles. The quantitative estimate of drug-likeness (QED) is 0.576. The van der Waals surface area contributed by atoms with Gasteiger partial charge in [-0.3, -0.25) is 9.59 Å². The number of rotatable bonds is 2. The van der Waals surface area contributed by atoms with E-state index in [2.05, 4.69) is 0 Å². The Hall–Kier alpha value is -0.480. The van der Waals surface area contributed by atoms with E-state index in [-0.39, 0.29) is 22.6 Å². The Bertz CT molecular complexity index is 326. The van der Waals surface area contributed by atoms with Crippen LogP contribution in [0.3, 0.4) is 0 Å². The largest absolute Gasteiger partial charge is 0.469 e. The molecule has 0 radical (unpaired) electrons. The topological polar surface area (TPSA) is 52.6 Å². The van der Waals surface area contributed by atoms with Crippen LogP contribution in [-0.4, -0.2) is 36.9 Å². The van der Waals surface area contributed by atoms with Crippen LogP contribution in [0.4, 0.5) is 0 Å². The highest BCUT2D eigenvalue weighted by Crippen LogP contribution is 2.53. The molecule has 0 spiro atoms. The lowest BCUT2D eigenvalue weighted by atomic mass is 9.58. The molecule has 18 heavy (non-hydrogen) atoms. The van der Waals surface area contributed by atoms with Gasteiger partial charge >= 0.3 is 11.9 Å². The average molecular weight is 295 g/mol. The summed E-state index contributed by atoms with van der Waals surface area (Å²) in [5.74, 6) is -2.08. The van der Waals surface area contributed by atoms with Gasteiger partial charge in [0.15, 0.2) is 0 Å². The first kappa shape index (κ1) is 13.9. The number of carbonyl (C=O) groups excluding carboxylic acids is 2. The SMILES string of the molecule is COC(=O)[C@@H]1[C@H]2CC[C@H]([C@H](Cl)[C@H]2Cl)[C@@H]1C(=O)OC. The molecule has 3 aliphatic carbocycles. The van der Waals surface area contributed by atoms with Crippen molar-refractivity contribution in [3.63, 3.8) is 0 Å². The molecule has 6 atom stereocenters. The number of methoxy groups -OCH3 is 2. The average Bonchev–Trinajstić information content (AvgIpc) is 2.41. The molecule has 0 unspecified atom stereocenters. The number of halogens is 2. The van der Waals surface area contributed by atoms with E-state index in [1.807, 2.05) is 0 Å². The van der Waals surface area contributed by atoms with E-state index in [0.717, 1.165) is 12.8 Å². The Balaban J connectivity index is 2.35.